The van der Waals surface area contributed by atoms with Crippen LogP contribution in [0.1, 0.15) is 41.3 Å². The van der Waals surface area contributed by atoms with Crippen molar-refractivity contribution < 1.29 is 9.53 Å². The average molecular weight is 394 g/mol. The molecule has 2 saturated heterocycles. The molecule has 1 aromatic heterocycles. The van der Waals surface area contributed by atoms with Crippen molar-refractivity contribution in [2.75, 3.05) is 45.9 Å². The third-order valence-corrected chi connectivity index (χ3v) is 5.95. The van der Waals surface area contributed by atoms with Crippen molar-refractivity contribution in [1.29, 1.82) is 0 Å². The topological polar surface area (TPSA) is 45.7 Å². The van der Waals surface area contributed by atoms with Crippen LogP contribution in [0.5, 0.6) is 0 Å². The molecular weight excluding hydrogens is 362 g/mol. The lowest BCUT2D eigenvalue weighted by Gasteiger charge is -2.35. The lowest BCUT2D eigenvalue weighted by molar-refractivity contribution is -0.134. The van der Waals surface area contributed by atoms with E-state index in [1.54, 1.807) is 0 Å². The van der Waals surface area contributed by atoms with Crippen LogP contribution in [0.25, 0.3) is 0 Å². The first-order valence-electron chi connectivity index (χ1n) is 10.8. The van der Waals surface area contributed by atoms with E-state index in [2.05, 4.69) is 54.3 Å². The number of pyridine rings is 1. The van der Waals surface area contributed by atoms with Crippen molar-refractivity contribution in [3.8, 4) is 0 Å². The molecule has 1 atom stereocenters. The zero-order chi connectivity index (χ0) is 20.1. The van der Waals surface area contributed by atoms with Crippen LogP contribution < -0.4 is 0 Å². The fourth-order valence-corrected chi connectivity index (χ4v) is 4.35. The molecule has 1 amide bonds. The molecule has 0 unspecified atom stereocenters. The van der Waals surface area contributed by atoms with Crippen molar-refractivity contribution in [1.82, 2.24) is 14.8 Å². The molecule has 2 aromatic rings. The largest absolute Gasteiger partial charge is 0.379 e. The van der Waals surface area contributed by atoms with Gasteiger partial charge < -0.3 is 9.64 Å². The molecule has 0 N–H and O–H groups in total. The summed E-state index contributed by atoms with van der Waals surface area (Å²) in [5.74, 6) is 0.572. The summed E-state index contributed by atoms with van der Waals surface area (Å²) in [4.78, 5) is 22.0. The second kappa shape index (κ2) is 9.51. The fraction of sp³-hybridized carbons (Fsp3) is 0.500. The summed E-state index contributed by atoms with van der Waals surface area (Å²) in [6.45, 7) is 7.44. The van der Waals surface area contributed by atoms with E-state index in [1.165, 1.54) is 11.1 Å². The second-order valence-electron chi connectivity index (χ2n) is 8.29. The van der Waals surface area contributed by atoms with Gasteiger partial charge in [-0.2, -0.15) is 0 Å². The zero-order valence-electron chi connectivity index (χ0n) is 17.3. The molecule has 1 aromatic carbocycles. The minimum Gasteiger partial charge on any atom is -0.379 e. The zero-order valence-corrected chi connectivity index (χ0v) is 17.3. The van der Waals surface area contributed by atoms with Gasteiger partial charge in [0.05, 0.1) is 19.8 Å². The molecule has 5 nitrogen and oxygen atoms in total. The average Bonchev–Trinajstić information content (AvgIpc) is 2.75. The van der Waals surface area contributed by atoms with Gasteiger partial charge in [0.25, 0.3) is 0 Å². The maximum atomic E-state index is 12.8. The number of aromatic nitrogens is 1. The second-order valence-corrected chi connectivity index (χ2v) is 8.29. The highest BCUT2D eigenvalue weighted by atomic mass is 16.5. The fourth-order valence-electron chi connectivity index (χ4n) is 4.35. The van der Waals surface area contributed by atoms with Crippen molar-refractivity contribution in [2.24, 2.45) is 0 Å². The first-order valence-corrected chi connectivity index (χ1v) is 10.8. The molecule has 0 spiro atoms. The molecule has 2 aliphatic heterocycles. The number of likely N-dealkylation sites (tertiary alicyclic amines) is 1. The monoisotopic (exact) mass is 393 g/mol. The summed E-state index contributed by atoms with van der Waals surface area (Å²) >= 11 is 0. The molecule has 154 valence electrons. The van der Waals surface area contributed by atoms with E-state index in [0.29, 0.717) is 12.5 Å². The summed E-state index contributed by atoms with van der Waals surface area (Å²) in [5, 5.41) is 0. The van der Waals surface area contributed by atoms with Crippen molar-refractivity contribution in [3.05, 3.63) is 65.0 Å². The van der Waals surface area contributed by atoms with Crippen LogP contribution in [0.3, 0.4) is 0 Å². The lowest BCUT2D eigenvalue weighted by atomic mass is 9.93. The number of benzene rings is 1. The number of hydrogen-bond acceptors (Lipinski definition) is 4. The van der Waals surface area contributed by atoms with Crippen LogP contribution in [0.4, 0.5) is 0 Å². The van der Waals surface area contributed by atoms with Gasteiger partial charge in [0.2, 0.25) is 5.91 Å². The molecule has 3 heterocycles. The highest BCUT2D eigenvalue weighted by molar-refractivity contribution is 5.78. The normalized spacial score (nSPS) is 20.6. The number of morpholine rings is 1. The van der Waals surface area contributed by atoms with Crippen molar-refractivity contribution in [3.63, 3.8) is 0 Å². The van der Waals surface area contributed by atoms with Crippen LogP contribution >= 0.6 is 0 Å². The molecule has 0 radical (unpaired) electrons. The lowest BCUT2D eigenvalue weighted by Crippen LogP contribution is -2.47. The standard InChI is InChI=1S/C24H31N3O2/c1-19-5-2-6-20(15-19)16-22-8-3-9-23(25-22)21-7-4-10-27(17-21)24(28)18-26-11-13-29-14-12-26/h2-3,5-6,8-9,15,21H,4,7,10-14,16-18H2,1H3/t21-/m0/s1. The Morgan fingerprint density at radius 2 is 1.97 bits per heavy atom. The highest BCUT2D eigenvalue weighted by Gasteiger charge is 2.27. The van der Waals surface area contributed by atoms with Crippen LogP contribution in [-0.4, -0.2) is 66.6 Å². The van der Waals surface area contributed by atoms with E-state index >= 15 is 0 Å². The smallest absolute Gasteiger partial charge is 0.236 e. The molecule has 0 saturated carbocycles. The number of rotatable bonds is 5. The molecular formula is C24H31N3O2. The van der Waals surface area contributed by atoms with E-state index in [1.807, 2.05) is 4.90 Å². The number of hydrogen-bond donors (Lipinski definition) is 0. The minimum atomic E-state index is 0.243. The van der Waals surface area contributed by atoms with Crippen LogP contribution in [0.15, 0.2) is 42.5 Å². The first-order chi connectivity index (χ1) is 14.2. The Kier molecular flexibility index (Phi) is 6.57. The minimum absolute atomic E-state index is 0.243. The number of carbonyl (C=O) groups excluding carboxylic acids is 1. The van der Waals surface area contributed by atoms with Crippen LogP contribution in [0.2, 0.25) is 0 Å². The summed E-state index contributed by atoms with van der Waals surface area (Å²) < 4.78 is 5.39. The van der Waals surface area contributed by atoms with E-state index in [-0.39, 0.29) is 5.91 Å². The Morgan fingerprint density at radius 1 is 1.14 bits per heavy atom. The Balaban J connectivity index is 1.39. The predicted octanol–water partition coefficient (Wildman–Crippen LogP) is 3.02. The van der Waals surface area contributed by atoms with Crippen molar-refractivity contribution in [2.45, 2.75) is 32.1 Å². The molecule has 0 aliphatic carbocycles. The van der Waals surface area contributed by atoms with E-state index in [0.717, 1.165) is 70.0 Å². The maximum Gasteiger partial charge on any atom is 0.236 e. The summed E-state index contributed by atoms with van der Waals surface area (Å²) in [5.41, 5.74) is 4.80. The molecule has 2 aliphatic rings. The third kappa shape index (κ3) is 5.43. The van der Waals surface area contributed by atoms with E-state index in [4.69, 9.17) is 9.72 Å². The molecule has 5 heteroatoms. The Hall–Kier alpha value is -2.24. The first kappa shape index (κ1) is 20.0. The quantitative estimate of drug-likeness (QED) is 0.783. The SMILES string of the molecule is Cc1cccc(Cc2cccc([C@H]3CCCN(C(=O)CN4CCOCC4)C3)n2)c1. The van der Waals surface area contributed by atoms with Gasteiger partial charge in [-0.3, -0.25) is 14.7 Å². The van der Waals surface area contributed by atoms with Gasteiger partial charge in [0.1, 0.15) is 0 Å². The van der Waals surface area contributed by atoms with Gasteiger partial charge in [0, 0.05) is 49.9 Å². The Bertz CT molecular complexity index is 832. The van der Waals surface area contributed by atoms with Crippen LogP contribution in [0, 0.1) is 6.92 Å². The van der Waals surface area contributed by atoms with Gasteiger partial charge in [-0.25, -0.2) is 0 Å². The van der Waals surface area contributed by atoms with E-state index < -0.39 is 0 Å². The maximum absolute atomic E-state index is 12.8. The van der Waals surface area contributed by atoms with Gasteiger partial charge in [-0.15, -0.1) is 0 Å². The summed E-state index contributed by atoms with van der Waals surface area (Å²) in [6, 6.07) is 15.0. The molecule has 29 heavy (non-hydrogen) atoms. The van der Waals surface area contributed by atoms with Crippen LogP contribution in [-0.2, 0) is 16.0 Å². The summed E-state index contributed by atoms with van der Waals surface area (Å²) in [7, 11) is 0. The number of aryl methyl sites for hydroxylation is 1. The summed E-state index contributed by atoms with van der Waals surface area (Å²) in [6.07, 6.45) is 2.99. The number of carbonyl (C=O) groups is 1. The Labute approximate surface area is 173 Å². The van der Waals surface area contributed by atoms with Gasteiger partial charge in [-0.1, -0.05) is 35.9 Å². The number of nitrogens with zero attached hydrogens (tertiary/aromatic N) is 3. The van der Waals surface area contributed by atoms with Gasteiger partial charge >= 0.3 is 0 Å². The number of piperidine rings is 1. The molecule has 2 fully saturated rings. The van der Waals surface area contributed by atoms with Gasteiger partial charge in [-0.05, 0) is 37.5 Å². The Morgan fingerprint density at radius 3 is 2.79 bits per heavy atom. The number of amides is 1. The predicted molar refractivity (Wildman–Crippen MR) is 114 cm³/mol. The third-order valence-electron chi connectivity index (χ3n) is 5.95. The molecule has 4 rings (SSSR count). The molecule has 0 bridgehead atoms. The highest BCUT2D eigenvalue weighted by Crippen LogP contribution is 2.26. The van der Waals surface area contributed by atoms with Gasteiger partial charge in [0.15, 0.2) is 0 Å². The van der Waals surface area contributed by atoms with E-state index in [9.17, 15) is 4.79 Å². The van der Waals surface area contributed by atoms with Crippen molar-refractivity contribution >= 4 is 5.91 Å². The number of ether oxygens (including phenoxy) is 1.